The van der Waals surface area contributed by atoms with Gasteiger partial charge in [0.05, 0.1) is 12.9 Å². The second-order valence-corrected chi connectivity index (χ2v) is 3.79. The van der Waals surface area contributed by atoms with Crippen LogP contribution in [0.5, 0.6) is 0 Å². The average molecular weight is 186 g/mol. The second-order valence-electron chi connectivity index (χ2n) is 3.79. The van der Waals surface area contributed by atoms with Crippen molar-refractivity contribution in [2.75, 3.05) is 6.61 Å². The number of aliphatic hydroxyl groups is 1. The lowest BCUT2D eigenvalue weighted by atomic mass is 10.1. The topological polar surface area (TPSA) is 47.9 Å². The van der Waals surface area contributed by atoms with Gasteiger partial charge in [0.2, 0.25) is 0 Å². The van der Waals surface area contributed by atoms with Gasteiger partial charge in [-0.3, -0.25) is 0 Å². The number of aliphatic hydroxyl groups excluding tert-OH is 1. The van der Waals surface area contributed by atoms with Gasteiger partial charge in [-0.05, 0) is 19.9 Å². The minimum absolute atomic E-state index is 0.181. The highest BCUT2D eigenvalue weighted by molar-refractivity contribution is 5.00. The van der Waals surface area contributed by atoms with Gasteiger partial charge < -0.3 is 19.3 Å². The lowest BCUT2D eigenvalue weighted by molar-refractivity contribution is -0.155. The highest BCUT2D eigenvalue weighted by Gasteiger charge is 2.41. The van der Waals surface area contributed by atoms with E-state index in [4.69, 9.17) is 14.2 Å². The molecule has 74 valence electrons. The van der Waals surface area contributed by atoms with Gasteiger partial charge >= 0.3 is 0 Å². The summed E-state index contributed by atoms with van der Waals surface area (Å²) in [6, 6.07) is 0. The zero-order valence-corrected chi connectivity index (χ0v) is 7.77. The fourth-order valence-corrected chi connectivity index (χ4v) is 1.59. The summed E-state index contributed by atoms with van der Waals surface area (Å²) < 4.78 is 16.1. The Labute approximate surface area is 77.1 Å². The number of ether oxygens (including phenoxy) is 3. The van der Waals surface area contributed by atoms with E-state index in [-0.39, 0.29) is 12.2 Å². The highest BCUT2D eigenvalue weighted by atomic mass is 16.7. The van der Waals surface area contributed by atoms with Gasteiger partial charge in [0.15, 0.2) is 11.9 Å². The van der Waals surface area contributed by atoms with E-state index in [1.165, 1.54) is 6.26 Å². The standard InChI is InChI=1S/C9H14O4/c1-9(2)12-5-7(13-9)8-6(10)3-4-11-8/h3-4,6-8,10H,5H2,1-2H3. The van der Waals surface area contributed by atoms with Gasteiger partial charge in [0.1, 0.15) is 12.2 Å². The van der Waals surface area contributed by atoms with Gasteiger partial charge in [-0.2, -0.15) is 0 Å². The van der Waals surface area contributed by atoms with Crippen molar-refractivity contribution < 1.29 is 19.3 Å². The smallest absolute Gasteiger partial charge is 0.163 e. The molecule has 0 aromatic heterocycles. The first-order chi connectivity index (χ1) is 6.08. The third kappa shape index (κ3) is 1.70. The molecule has 13 heavy (non-hydrogen) atoms. The Morgan fingerprint density at radius 3 is 2.69 bits per heavy atom. The first kappa shape index (κ1) is 8.99. The third-order valence-corrected chi connectivity index (χ3v) is 2.24. The normalized spacial score (nSPS) is 42.2. The fourth-order valence-electron chi connectivity index (χ4n) is 1.59. The molecule has 2 aliphatic rings. The lowest BCUT2D eigenvalue weighted by Gasteiger charge is -2.22. The Morgan fingerprint density at radius 2 is 2.23 bits per heavy atom. The van der Waals surface area contributed by atoms with Crippen molar-refractivity contribution in [1.82, 2.24) is 0 Å². The van der Waals surface area contributed by atoms with Crippen molar-refractivity contribution in [3.63, 3.8) is 0 Å². The van der Waals surface area contributed by atoms with Gasteiger partial charge in [0, 0.05) is 0 Å². The summed E-state index contributed by atoms with van der Waals surface area (Å²) in [7, 11) is 0. The predicted octanol–water partition coefficient (Wildman–Crippen LogP) is 0.411. The van der Waals surface area contributed by atoms with Crippen molar-refractivity contribution in [2.45, 2.75) is 37.9 Å². The van der Waals surface area contributed by atoms with E-state index in [2.05, 4.69) is 0 Å². The maximum Gasteiger partial charge on any atom is 0.163 e. The molecular formula is C9H14O4. The number of rotatable bonds is 1. The molecule has 0 aliphatic carbocycles. The van der Waals surface area contributed by atoms with E-state index in [9.17, 15) is 5.11 Å². The number of hydrogen-bond acceptors (Lipinski definition) is 4. The van der Waals surface area contributed by atoms with Gasteiger partial charge in [-0.25, -0.2) is 0 Å². The molecule has 0 amide bonds. The fraction of sp³-hybridized carbons (Fsp3) is 0.778. The van der Waals surface area contributed by atoms with Crippen molar-refractivity contribution >= 4 is 0 Å². The summed E-state index contributed by atoms with van der Waals surface area (Å²) in [5.41, 5.74) is 0. The van der Waals surface area contributed by atoms with Crippen LogP contribution in [0.1, 0.15) is 13.8 Å². The van der Waals surface area contributed by atoms with E-state index < -0.39 is 11.9 Å². The molecule has 0 aromatic rings. The van der Waals surface area contributed by atoms with E-state index in [1.807, 2.05) is 13.8 Å². The molecule has 4 heteroatoms. The van der Waals surface area contributed by atoms with Gasteiger partial charge in [0.25, 0.3) is 0 Å². The molecule has 2 aliphatic heterocycles. The number of hydrogen-bond donors (Lipinski definition) is 1. The van der Waals surface area contributed by atoms with Crippen LogP contribution in [-0.2, 0) is 14.2 Å². The molecule has 0 radical (unpaired) electrons. The predicted molar refractivity (Wildman–Crippen MR) is 44.9 cm³/mol. The quantitative estimate of drug-likeness (QED) is 0.644. The SMILES string of the molecule is CC1(C)OCC(C2OC=CC2O)O1. The van der Waals surface area contributed by atoms with E-state index in [1.54, 1.807) is 6.08 Å². The van der Waals surface area contributed by atoms with Crippen LogP contribution in [0.15, 0.2) is 12.3 Å². The molecule has 2 heterocycles. The summed E-state index contributed by atoms with van der Waals surface area (Å²) in [5, 5.41) is 9.47. The second kappa shape index (κ2) is 2.97. The monoisotopic (exact) mass is 186 g/mol. The van der Waals surface area contributed by atoms with Crippen molar-refractivity contribution in [3.8, 4) is 0 Å². The lowest BCUT2D eigenvalue weighted by Crippen LogP contribution is -2.37. The molecule has 3 unspecified atom stereocenters. The summed E-state index contributed by atoms with van der Waals surface area (Å²) >= 11 is 0. The van der Waals surface area contributed by atoms with Crippen molar-refractivity contribution in [1.29, 1.82) is 0 Å². The van der Waals surface area contributed by atoms with E-state index in [0.717, 1.165) is 0 Å². The molecule has 0 saturated carbocycles. The maximum atomic E-state index is 9.47. The van der Waals surface area contributed by atoms with Crippen molar-refractivity contribution in [3.05, 3.63) is 12.3 Å². The zero-order chi connectivity index (χ0) is 9.47. The van der Waals surface area contributed by atoms with Gasteiger partial charge in [-0.1, -0.05) is 0 Å². The van der Waals surface area contributed by atoms with Gasteiger partial charge in [-0.15, -0.1) is 0 Å². The Morgan fingerprint density at radius 1 is 1.46 bits per heavy atom. The van der Waals surface area contributed by atoms with Crippen LogP contribution in [0.4, 0.5) is 0 Å². The Hall–Kier alpha value is -0.580. The molecule has 0 aromatic carbocycles. The minimum atomic E-state index is -0.581. The third-order valence-electron chi connectivity index (χ3n) is 2.24. The zero-order valence-electron chi connectivity index (χ0n) is 7.77. The Kier molecular flexibility index (Phi) is 2.06. The van der Waals surface area contributed by atoms with E-state index >= 15 is 0 Å². The van der Waals surface area contributed by atoms with Crippen LogP contribution < -0.4 is 0 Å². The van der Waals surface area contributed by atoms with Crippen LogP contribution in [-0.4, -0.2) is 35.8 Å². The van der Waals surface area contributed by atoms with Crippen LogP contribution in [0.3, 0.4) is 0 Å². The van der Waals surface area contributed by atoms with Crippen LogP contribution in [0.25, 0.3) is 0 Å². The summed E-state index contributed by atoms with van der Waals surface area (Å²) in [6.45, 7) is 4.17. The Balaban J connectivity index is 1.97. The molecular weight excluding hydrogens is 172 g/mol. The van der Waals surface area contributed by atoms with Crippen molar-refractivity contribution in [2.24, 2.45) is 0 Å². The van der Waals surface area contributed by atoms with E-state index in [0.29, 0.717) is 6.61 Å². The first-order valence-electron chi connectivity index (χ1n) is 4.40. The molecule has 0 spiro atoms. The molecule has 1 saturated heterocycles. The molecule has 1 N–H and O–H groups in total. The summed E-state index contributed by atoms with van der Waals surface area (Å²) in [5.74, 6) is -0.559. The molecule has 4 nitrogen and oxygen atoms in total. The average Bonchev–Trinajstić information content (AvgIpc) is 2.56. The van der Waals surface area contributed by atoms with Crippen LogP contribution in [0, 0.1) is 0 Å². The molecule has 2 rings (SSSR count). The largest absolute Gasteiger partial charge is 0.492 e. The van der Waals surface area contributed by atoms with Crippen LogP contribution >= 0.6 is 0 Å². The summed E-state index contributed by atoms with van der Waals surface area (Å²) in [6.07, 6.45) is 2.04. The maximum absolute atomic E-state index is 9.47. The van der Waals surface area contributed by atoms with Crippen LogP contribution in [0.2, 0.25) is 0 Å². The Bertz CT molecular complexity index is 224. The first-order valence-corrected chi connectivity index (χ1v) is 4.40. The highest BCUT2D eigenvalue weighted by Crippen LogP contribution is 2.28. The molecule has 1 fully saturated rings. The summed E-state index contributed by atoms with van der Waals surface area (Å²) in [4.78, 5) is 0. The minimum Gasteiger partial charge on any atom is -0.492 e. The molecule has 0 bridgehead atoms. The molecule has 3 atom stereocenters.